The smallest absolute Gasteiger partial charge is 0.181 e. The minimum Gasteiger partial charge on any atom is -0.368 e. The molecule has 3 N–H and O–H groups in total. The highest BCUT2D eigenvalue weighted by Crippen LogP contribution is 2.21. The summed E-state index contributed by atoms with van der Waals surface area (Å²) in [7, 11) is 0. The van der Waals surface area contributed by atoms with Gasteiger partial charge in [0.1, 0.15) is 11.4 Å². The van der Waals surface area contributed by atoms with Crippen molar-refractivity contribution < 1.29 is 4.74 Å². The predicted octanol–water partition coefficient (Wildman–Crippen LogP) is 1.10. The van der Waals surface area contributed by atoms with Crippen LogP contribution in [0.4, 0.5) is 0 Å². The van der Waals surface area contributed by atoms with Crippen molar-refractivity contribution in [2.24, 2.45) is 5.73 Å². The quantitative estimate of drug-likeness (QED) is 0.759. The van der Waals surface area contributed by atoms with E-state index in [9.17, 15) is 0 Å². The Kier molecular flexibility index (Phi) is 3.23. The third kappa shape index (κ3) is 2.30. The number of aromatic amines is 1. The number of nitrogens with zero attached hydrogens (tertiary/aromatic N) is 2. The monoisotopic (exact) mass is 198 g/mol. The highest BCUT2D eigenvalue weighted by molar-refractivity contribution is 5.01. The van der Waals surface area contributed by atoms with Crippen LogP contribution in [0.1, 0.15) is 45.4 Å². The van der Waals surface area contributed by atoms with Crippen LogP contribution in [0.5, 0.6) is 0 Å². The number of hydrogen-bond donors (Lipinski definition) is 2. The molecule has 5 heteroatoms. The zero-order valence-electron chi connectivity index (χ0n) is 9.16. The van der Waals surface area contributed by atoms with Crippen molar-refractivity contribution in [2.75, 3.05) is 6.61 Å². The van der Waals surface area contributed by atoms with Crippen LogP contribution in [0, 0.1) is 0 Å². The SMILES string of the molecule is CCOC(C)(C)c1n[nH]c(C(C)N)n1. The van der Waals surface area contributed by atoms with E-state index in [1.54, 1.807) is 0 Å². The zero-order valence-corrected chi connectivity index (χ0v) is 9.16. The number of nitrogens with two attached hydrogens (primary N) is 1. The molecule has 1 unspecified atom stereocenters. The zero-order chi connectivity index (χ0) is 10.8. The van der Waals surface area contributed by atoms with Gasteiger partial charge in [-0.25, -0.2) is 4.98 Å². The van der Waals surface area contributed by atoms with Gasteiger partial charge in [0.05, 0.1) is 6.04 Å². The molecule has 5 nitrogen and oxygen atoms in total. The van der Waals surface area contributed by atoms with Crippen molar-refractivity contribution >= 4 is 0 Å². The molecule has 0 saturated carbocycles. The summed E-state index contributed by atoms with van der Waals surface area (Å²) in [5, 5.41) is 6.89. The van der Waals surface area contributed by atoms with E-state index in [0.29, 0.717) is 18.3 Å². The number of hydrogen-bond acceptors (Lipinski definition) is 4. The minimum atomic E-state index is -0.460. The lowest BCUT2D eigenvalue weighted by molar-refractivity contribution is -0.0205. The van der Waals surface area contributed by atoms with E-state index in [1.165, 1.54) is 0 Å². The molecule has 80 valence electrons. The van der Waals surface area contributed by atoms with E-state index in [4.69, 9.17) is 10.5 Å². The number of H-pyrrole nitrogens is 1. The molecule has 1 atom stereocenters. The second-order valence-electron chi connectivity index (χ2n) is 3.78. The van der Waals surface area contributed by atoms with Crippen molar-refractivity contribution in [1.82, 2.24) is 15.2 Å². The van der Waals surface area contributed by atoms with Gasteiger partial charge in [0, 0.05) is 6.61 Å². The molecular formula is C9H18N4O. The maximum Gasteiger partial charge on any atom is 0.181 e. The average Bonchev–Trinajstić information content (AvgIpc) is 2.51. The molecule has 0 fully saturated rings. The summed E-state index contributed by atoms with van der Waals surface area (Å²) in [5.41, 5.74) is 5.21. The summed E-state index contributed by atoms with van der Waals surface area (Å²) >= 11 is 0. The van der Waals surface area contributed by atoms with Crippen LogP contribution in [-0.2, 0) is 10.3 Å². The van der Waals surface area contributed by atoms with Crippen LogP contribution in [0.3, 0.4) is 0 Å². The highest BCUT2D eigenvalue weighted by Gasteiger charge is 2.26. The molecule has 1 aromatic heterocycles. The maximum atomic E-state index is 5.67. The molecule has 0 amide bonds. The molecule has 14 heavy (non-hydrogen) atoms. The van der Waals surface area contributed by atoms with Crippen LogP contribution in [0.15, 0.2) is 0 Å². The predicted molar refractivity (Wildman–Crippen MR) is 53.6 cm³/mol. The van der Waals surface area contributed by atoms with Gasteiger partial charge in [0.15, 0.2) is 5.82 Å². The fraction of sp³-hybridized carbons (Fsp3) is 0.778. The summed E-state index contributed by atoms with van der Waals surface area (Å²) in [6.45, 7) is 8.31. The van der Waals surface area contributed by atoms with Crippen molar-refractivity contribution in [3.05, 3.63) is 11.6 Å². The second-order valence-corrected chi connectivity index (χ2v) is 3.78. The molecule has 0 bridgehead atoms. The summed E-state index contributed by atoms with van der Waals surface area (Å²) in [6.07, 6.45) is 0. The van der Waals surface area contributed by atoms with Gasteiger partial charge in [-0.05, 0) is 27.7 Å². The van der Waals surface area contributed by atoms with Gasteiger partial charge < -0.3 is 10.5 Å². The van der Waals surface area contributed by atoms with Crippen LogP contribution in [-0.4, -0.2) is 21.8 Å². The summed E-state index contributed by atoms with van der Waals surface area (Å²) < 4.78 is 5.52. The number of aromatic nitrogens is 3. The molecule has 0 aliphatic rings. The fourth-order valence-electron chi connectivity index (χ4n) is 1.17. The largest absolute Gasteiger partial charge is 0.368 e. The van der Waals surface area contributed by atoms with Gasteiger partial charge in [-0.15, -0.1) is 0 Å². The average molecular weight is 198 g/mol. The summed E-state index contributed by atoms with van der Waals surface area (Å²) in [6, 6.07) is -0.131. The Morgan fingerprint density at radius 3 is 2.64 bits per heavy atom. The maximum absolute atomic E-state index is 5.67. The van der Waals surface area contributed by atoms with Crippen LogP contribution >= 0.6 is 0 Å². The van der Waals surface area contributed by atoms with Crippen molar-refractivity contribution in [1.29, 1.82) is 0 Å². The molecule has 0 aromatic carbocycles. The first-order valence-electron chi connectivity index (χ1n) is 4.79. The topological polar surface area (TPSA) is 76.8 Å². The molecular weight excluding hydrogens is 180 g/mol. The number of nitrogens with one attached hydrogen (secondary N) is 1. The third-order valence-corrected chi connectivity index (χ3v) is 1.98. The molecule has 0 saturated heterocycles. The Labute approximate surface area is 84.1 Å². The standard InChI is InChI=1S/C9H18N4O/c1-5-14-9(3,4)8-11-7(6(2)10)12-13-8/h6H,5,10H2,1-4H3,(H,11,12,13). The molecule has 1 aromatic rings. The normalized spacial score (nSPS) is 14.4. The van der Waals surface area contributed by atoms with E-state index in [2.05, 4.69) is 15.2 Å². The minimum absolute atomic E-state index is 0.131. The van der Waals surface area contributed by atoms with Crippen LogP contribution < -0.4 is 5.73 Å². The van der Waals surface area contributed by atoms with Gasteiger partial charge in [-0.1, -0.05) is 0 Å². The Hall–Kier alpha value is -0.940. The van der Waals surface area contributed by atoms with Gasteiger partial charge in [0.25, 0.3) is 0 Å². The summed E-state index contributed by atoms with van der Waals surface area (Å²) in [4.78, 5) is 4.28. The summed E-state index contributed by atoms with van der Waals surface area (Å²) in [5.74, 6) is 1.33. The van der Waals surface area contributed by atoms with Crippen LogP contribution in [0.25, 0.3) is 0 Å². The molecule has 0 radical (unpaired) electrons. The fourth-order valence-corrected chi connectivity index (χ4v) is 1.17. The van der Waals surface area contributed by atoms with Crippen molar-refractivity contribution in [3.63, 3.8) is 0 Å². The number of rotatable bonds is 4. The third-order valence-electron chi connectivity index (χ3n) is 1.98. The second kappa shape index (κ2) is 4.06. The molecule has 1 heterocycles. The molecule has 1 rings (SSSR count). The first kappa shape index (κ1) is 11.1. The van der Waals surface area contributed by atoms with Crippen LogP contribution in [0.2, 0.25) is 0 Å². The van der Waals surface area contributed by atoms with E-state index in [-0.39, 0.29) is 6.04 Å². The lowest BCUT2D eigenvalue weighted by Crippen LogP contribution is -2.23. The lowest BCUT2D eigenvalue weighted by atomic mass is 10.1. The Balaban J connectivity index is 2.85. The molecule has 0 aliphatic heterocycles. The van der Waals surface area contributed by atoms with Gasteiger partial charge in [0.2, 0.25) is 0 Å². The van der Waals surface area contributed by atoms with Crippen molar-refractivity contribution in [2.45, 2.75) is 39.3 Å². The Morgan fingerprint density at radius 2 is 2.21 bits per heavy atom. The highest BCUT2D eigenvalue weighted by atomic mass is 16.5. The van der Waals surface area contributed by atoms with Crippen molar-refractivity contribution in [3.8, 4) is 0 Å². The Bertz CT molecular complexity index is 293. The van der Waals surface area contributed by atoms with Gasteiger partial charge in [-0.2, -0.15) is 5.10 Å². The number of ether oxygens (including phenoxy) is 1. The van der Waals surface area contributed by atoms with E-state index < -0.39 is 5.60 Å². The van der Waals surface area contributed by atoms with E-state index >= 15 is 0 Å². The lowest BCUT2D eigenvalue weighted by Gasteiger charge is -2.20. The van der Waals surface area contributed by atoms with E-state index in [0.717, 1.165) is 0 Å². The van der Waals surface area contributed by atoms with Gasteiger partial charge >= 0.3 is 0 Å². The Morgan fingerprint density at radius 1 is 1.57 bits per heavy atom. The first-order chi connectivity index (χ1) is 6.47. The van der Waals surface area contributed by atoms with Gasteiger partial charge in [-0.3, -0.25) is 5.10 Å². The molecule has 0 spiro atoms. The molecule has 0 aliphatic carbocycles. The van der Waals surface area contributed by atoms with E-state index in [1.807, 2.05) is 27.7 Å². The first-order valence-corrected chi connectivity index (χ1v) is 4.79.